The van der Waals surface area contributed by atoms with Crippen molar-refractivity contribution in [3.63, 3.8) is 0 Å². The molecule has 3 fully saturated rings. The summed E-state index contributed by atoms with van der Waals surface area (Å²) < 4.78 is 11.0. The quantitative estimate of drug-likeness (QED) is 0.516. The van der Waals surface area contributed by atoms with Crippen LogP contribution in [0.15, 0.2) is 0 Å². The van der Waals surface area contributed by atoms with Gasteiger partial charge in [0.15, 0.2) is 0 Å². The van der Waals surface area contributed by atoms with Crippen LogP contribution in [0.4, 0.5) is 0 Å². The molecule has 2 heteroatoms. The van der Waals surface area contributed by atoms with Crippen LogP contribution < -0.4 is 0 Å². The average molecular weight is 154 g/mol. The third kappa shape index (κ3) is 0.798. The minimum absolute atomic E-state index is 0.834. The molecule has 3 aliphatic rings. The maximum absolute atomic E-state index is 5.54. The molecule has 3 rings (SSSR count). The average Bonchev–Trinajstić information content (AvgIpc) is 2.58. The molecule has 0 radical (unpaired) electrons. The van der Waals surface area contributed by atoms with E-state index in [0.29, 0.717) is 0 Å². The van der Waals surface area contributed by atoms with E-state index in [2.05, 4.69) is 0 Å². The first-order valence-corrected chi connectivity index (χ1v) is 4.60. The Labute approximate surface area is 66.9 Å². The van der Waals surface area contributed by atoms with Crippen molar-refractivity contribution in [3.05, 3.63) is 0 Å². The van der Waals surface area contributed by atoms with Gasteiger partial charge in [0.05, 0.1) is 13.2 Å². The summed E-state index contributed by atoms with van der Waals surface area (Å²) >= 11 is 0. The molecule has 0 aromatic heterocycles. The molecule has 2 heterocycles. The topological polar surface area (TPSA) is 18.5 Å². The SMILES string of the molecule is C1OCC2CC1C1COCC21. The smallest absolute Gasteiger partial charge is 0.0501 e. The van der Waals surface area contributed by atoms with E-state index in [0.717, 1.165) is 50.1 Å². The van der Waals surface area contributed by atoms with Gasteiger partial charge in [0.1, 0.15) is 0 Å². The Balaban J connectivity index is 1.88. The Morgan fingerprint density at radius 3 is 1.91 bits per heavy atom. The lowest BCUT2D eigenvalue weighted by Gasteiger charge is -2.21. The van der Waals surface area contributed by atoms with E-state index in [9.17, 15) is 0 Å². The van der Waals surface area contributed by atoms with Crippen LogP contribution in [0.25, 0.3) is 0 Å². The van der Waals surface area contributed by atoms with Gasteiger partial charge in [-0.05, 0) is 30.1 Å². The van der Waals surface area contributed by atoms with Gasteiger partial charge in [-0.15, -0.1) is 0 Å². The zero-order valence-corrected chi connectivity index (χ0v) is 6.66. The fourth-order valence-electron chi connectivity index (χ4n) is 3.05. The van der Waals surface area contributed by atoms with E-state index in [1.165, 1.54) is 6.42 Å². The van der Waals surface area contributed by atoms with Gasteiger partial charge in [0, 0.05) is 13.2 Å². The molecule has 4 atom stereocenters. The van der Waals surface area contributed by atoms with Crippen LogP contribution in [-0.2, 0) is 9.47 Å². The van der Waals surface area contributed by atoms with Crippen molar-refractivity contribution in [3.8, 4) is 0 Å². The zero-order chi connectivity index (χ0) is 7.26. The number of rotatable bonds is 0. The van der Waals surface area contributed by atoms with E-state index in [1.807, 2.05) is 0 Å². The summed E-state index contributed by atoms with van der Waals surface area (Å²) in [6.45, 7) is 4.02. The summed E-state index contributed by atoms with van der Waals surface area (Å²) in [7, 11) is 0. The molecule has 0 aromatic rings. The standard InChI is InChI=1S/C9H14O2/c1-6-2-10-3-7(1)9-5-11-4-8(6)9/h6-9H,1-5H2. The van der Waals surface area contributed by atoms with Gasteiger partial charge in [0.25, 0.3) is 0 Å². The molecule has 0 aromatic carbocycles. The predicted molar refractivity (Wildman–Crippen MR) is 40.2 cm³/mol. The minimum Gasteiger partial charge on any atom is -0.381 e. The van der Waals surface area contributed by atoms with Crippen molar-refractivity contribution in [2.24, 2.45) is 23.7 Å². The van der Waals surface area contributed by atoms with Crippen molar-refractivity contribution in [2.75, 3.05) is 26.4 Å². The van der Waals surface area contributed by atoms with Crippen LogP contribution in [-0.4, -0.2) is 26.4 Å². The lowest BCUT2D eigenvalue weighted by Crippen LogP contribution is -2.21. The van der Waals surface area contributed by atoms with Gasteiger partial charge < -0.3 is 9.47 Å². The monoisotopic (exact) mass is 154 g/mol. The van der Waals surface area contributed by atoms with Gasteiger partial charge in [-0.25, -0.2) is 0 Å². The molecular formula is C9H14O2. The maximum atomic E-state index is 5.54. The molecule has 2 saturated heterocycles. The minimum atomic E-state index is 0.834. The molecule has 2 nitrogen and oxygen atoms in total. The second kappa shape index (κ2) is 2.20. The number of fused-ring (bicyclic) bond motifs is 5. The van der Waals surface area contributed by atoms with E-state index in [4.69, 9.17) is 9.47 Å². The Hall–Kier alpha value is -0.0800. The first-order chi connectivity index (χ1) is 5.45. The number of ether oxygens (including phenoxy) is 2. The molecule has 1 saturated carbocycles. The van der Waals surface area contributed by atoms with Gasteiger partial charge in [-0.2, -0.15) is 0 Å². The normalized spacial score (nSPS) is 54.5. The van der Waals surface area contributed by atoms with Crippen LogP contribution in [0, 0.1) is 23.7 Å². The maximum Gasteiger partial charge on any atom is 0.0501 e. The van der Waals surface area contributed by atoms with Gasteiger partial charge in [-0.3, -0.25) is 0 Å². The van der Waals surface area contributed by atoms with Crippen LogP contribution in [0.2, 0.25) is 0 Å². The largest absolute Gasteiger partial charge is 0.381 e. The molecule has 2 bridgehead atoms. The summed E-state index contributed by atoms with van der Waals surface area (Å²) in [6.07, 6.45) is 1.42. The Morgan fingerprint density at radius 2 is 1.27 bits per heavy atom. The van der Waals surface area contributed by atoms with E-state index in [1.54, 1.807) is 0 Å². The van der Waals surface area contributed by atoms with Crippen LogP contribution >= 0.6 is 0 Å². The van der Waals surface area contributed by atoms with Crippen molar-refractivity contribution in [1.82, 2.24) is 0 Å². The van der Waals surface area contributed by atoms with Crippen molar-refractivity contribution >= 4 is 0 Å². The lowest BCUT2D eigenvalue weighted by atomic mass is 9.92. The molecule has 0 spiro atoms. The summed E-state index contributed by atoms with van der Waals surface area (Å²) in [5.41, 5.74) is 0. The highest BCUT2D eigenvalue weighted by molar-refractivity contribution is 4.95. The summed E-state index contributed by atoms with van der Waals surface area (Å²) in [4.78, 5) is 0. The molecular weight excluding hydrogens is 140 g/mol. The highest BCUT2D eigenvalue weighted by Crippen LogP contribution is 2.47. The van der Waals surface area contributed by atoms with Gasteiger partial charge in [0.2, 0.25) is 0 Å². The molecule has 4 unspecified atom stereocenters. The Bertz CT molecular complexity index is 153. The Kier molecular flexibility index (Phi) is 1.29. The molecule has 0 N–H and O–H groups in total. The fourth-order valence-corrected chi connectivity index (χ4v) is 3.05. The highest BCUT2D eigenvalue weighted by Gasteiger charge is 2.48. The van der Waals surface area contributed by atoms with Crippen LogP contribution in [0.5, 0.6) is 0 Å². The number of hydrogen-bond donors (Lipinski definition) is 0. The van der Waals surface area contributed by atoms with Crippen LogP contribution in [0.1, 0.15) is 6.42 Å². The summed E-state index contributed by atoms with van der Waals surface area (Å²) in [5, 5.41) is 0. The molecule has 0 amide bonds. The Morgan fingerprint density at radius 1 is 0.727 bits per heavy atom. The van der Waals surface area contributed by atoms with E-state index < -0.39 is 0 Å². The molecule has 2 aliphatic heterocycles. The fraction of sp³-hybridized carbons (Fsp3) is 1.00. The second-order valence-corrected chi connectivity index (χ2v) is 4.16. The van der Waals surface area contributed by atoms with Crippen molar-refractivity contribution in [1.29, 1.82) is 0 Å². The highest BCUT2D eigenvalue weighted by atomic mass is 16.5. The lowest BCUT2D eigenvalue weighted by molar-refractivity contribution is 0.0196. The zero-order valence-electron chi connectivity index (χ0n) is 6.66. The van der Waals surface area contributed by atoms with Crippen LogP contribution in [0.3, 0.4) is 0 Å². The van der Waals surface area contributed by atoms with Gasteiger partial charge in [-0.1, -0.05) is 0 Å². The van der Waals surface area contributed by atoms with Crippen molar-refractivity contribution in [2.45, 2.75) is 6.42 Å². The van der Waals surface area contributed by atoms with Gasteiger partial charge >= 0.3 is 0 Å². The molecule has 11 heavy (non-hydrogen) atoms. The molecule has 1 aliphatic carbocycles. The van der Waals surface area contributed by atoms with Crippen molar-refractivity contribution < 1.29 is 9.47 Å². The van der Waals surface area contributed by atoms with E-state index >= 15 is 0 Å². The summed E-state index contributed by atoms with van der Waals surface area (Å²) in [5.74, 6) is 3.37. The third-order valence-corrected chi connectivity index (χ3v) is 3.65. The van der Waals surface area contributed by atoms with E-state index in [-0.39, 0.29) is 0 Å². The number of hydrogen-bond acceptors (Lipinski definition) is 2. The first kappa shape index (κ1) is 6.44. The predicted octanol–water partition coefficient (Wildman–Crippen LogP) is 0.915. The molecule has 62 valence electrons. The second-order valence-electron chi connectivity index (χ2n) is 4.16. The first-order valence-electron chi connectivity index (χ1n) is 4.60. The third-order valence-electron chi connectivity index (χ3n) is 3.65. The summed E-state index contributed by atoms with van der Waals surface area (Å²) in [6, 6.07) is 0.